The summed E-state index contributed by atoms with van der Waals surface area (Å²) in [6, 6.07) is 16.0. The summed E-state index contributed by atoms with van der Waals surface area (Å²) in [5.74, 6) is -0.919. The maximum atomic E-state index is 14.0. The van der Waals surface area contributed by atoms with E-state index in [1.165, 1.54) is 35.2 Å². The first-order valence-corrected chi connectivity index (χ1v) is 15.3. The Morgan fingerprint density at radius 1 is 0.825 bits per heavy atom. The third-order valence-corrected chi connectivity index (χ3v) is 9.34. The molecular weight excluding hydrogens is 616 g/mol. The summed E-state index contributed by atoms with van der Waals surface area (Å²) < 4.78 is 28.6. The zero-order chi connectivity index (χ0) is 29.6. The lowest BCUT2D eigenvalue weighted by molar-refractivity contribution is -0.139. The van der Waals surface area contributed by atoms with Crippen molar-refractivity contribution in [1.82, 2.24) is 10.2 Å². The smallest absolute Gasteiger partial charge is 0.264 e. The molecule has 0 bridgehead atoms. The van der Waals surface area contributed by atoms with Crippen LogP contribution in [0.25, 0.3) is 0 Å². The normalized spacial score (nSPS) is 12.2. The van der Waals surface area contributed by atoms with Crippen LogP contribution in [0.15, 0.2) is 71.6 Å². The standard InChI is InChI=1S/C28H29Cl4N3O4S/c1-18(2)15-33-28(37)19(3)34(16-21-22(29)11-7-12-23(21)30)26(36)17-35(25-14-8-13-24(31)27(25)32)40(38,39)20-9-5-4-6-10-20/h4-14,18-19H,15-17H2,1-3H3,(H,33,37)/t19-/m1/s1. The van der Waals surface area contributed by atoms with E-state index in [0.717, 1.165) is 4.31 Å². The van der Waals surface area contributed by atoms with Crippen LogP contribution in [0.3, 0.4) is 0 Å². The Balaban J connectivity index is 2.08. The van der Waals surface area contributed by atoms with Crippen molar-refractivity contribution in [2.45, 2.75) is 38.3 Å². The molecule has 12 heteroatoms. The van der Waals surface area contributed by atoms with Crippen molar-refractivity contribution in [3.63, 3.8) is 0 Å². The topological polar surface area (TPSA) is 86.8 Å². The van der Waals surface area contributed by atoms with Crippen LogP contribution in [0.5, 0.6) is 0 Å². The van der Waals surface area contributed by atoms with Crippen LogP contribution in [-0.4, -0.2) is 44.3 Å². The van der Waals surface area contributed by atoms with Gasteiger partial charge in [-0.05, 0) is 49.2 Å². The summed E-state index contributed by atoms with van der Waals surface area (Å²) in [5, 5.41) is 3.49. The van der Waals surface area contributed by atoms with E-state index in [9.17, 15) is 18.0 Å². The van der Waals surface area contributed by atoms with E-state index in [-0.39, 0.29) is 33.1 Å². The summed E-state index contributed by atoms with van der Waals surface area (Å²) in [7, 11) is -4.29. The van der Waals surface area contributed by atoms with Crippen LogP contribution in [0.1, 0.15) is 26.3 Å². The van der Waals surface area contributed by atoms with E-state index in [1.807, 2.05) is 13.8 Å². The summed E-state index contributed by atoms with van der Waals surface area (Å²) in [6.07, 6.45) is 0. The van der Waals surface area contributed by atoms with Gasteiger partial charge >= 0.3 is 0 Å². The molecule has 3 aromatic rings. The predicted octanol–water partition coefficient (Wildman–Crippen LogP) is 6.69. The quantitative estimate of drug-likeness (QED) is 0.252. The van der Waals surface area contributed by atoms with Gasteiger partial charge in [0.05, 0.1) is 20.6 Å². The number of nitrogens with one attached hydrogen (secondary N) is 1. The minimum atomic E-state index is -4.29. The molecule has 0 aliphatic rings. The molecule has 0 aromatic heterocycles. The summed E-state index contributed by atoms with van der Waals surface area (Å²) in [4.78, 5) is 28.3. The van der Waals surface area contributed by atoms with E-state index in [2.05, 4.69) is 5.32 Å². The molecule has 0 heterocycles. The molecule has 0 radical (unpaired) electrons. The second-order valence-corrected chi connectivity index (χ2v) is 12.9. The Labute approximate surface area is 255 Å². The molecule has 1 N–H and O–H groups in total. The highest BCUT2D eigenvalue weighted by Crippen LogP contribution is 2.36. The molecule has 1 atom stereocenters. The van der Waals surface area contributed by atoms with Crippen molar-refractivity contribution in [3.8, 4) is 0 Å². The number of sulfonamides is 1. The maximum Gasteiger partial charge on any atom is 0.264 e. The predicted molar refractivity (Wildman–Crippen MR) is 162 cm³/mol. The van der Waals surface area contributed by atoms with E-state index in [4.69, 9.17) is 46.4 Å². The number of nitrogens with zero attached hydrogens (tertiary/aromatic N) is 2. The first-order chi connectivity index (χ1) is 18.8. The lowest BCUT2D eigenvalue weighted by Crippen LogP contribution is -2.51. The lowest BCUT2D eigenvalue weighted by atomic mass is 10.1. The van der Waals surface area contributed by atoms with Crippen molar-refractivity contribution < 1.29 is 18.0 Å². The van der Waals surface area contributed by atoms with Crippen LogP contribution in [0.2, 0.25) is 20.1 Å². The molecule has 0 aliphatic carbocycles. The molecule has 0 spiro atoms. The number of rotatable bonds is 11. The zero-order valence-corrected chi connectivity index (χ0v) is 25.9. The number of hydrogen-bond acceptors (Lipinski definition) is 4. The van der Waals surface area contributed by atoms with Gasteiger partial charge in [-0.2, -0.15) is 0 Å². The maximum absolute atomic E-state index is 14.0. The monoisotopic (exact) mass is 643 g/mol. The fourth-order valence-electron chi connectivity index (χ4n) is 3.81. The molecule has 0 aliphatic heterocycles. The van der Waals surface area contributed by atoms with Crippen molar-refractivity contribution in [2.24, 2.45) is 5.92 Å². The largest absolute Gasteiger partial charge is 0.354 e. The van der Waals surface area contributed by atoms with Gasteiger partial charge in [0, 0.05) is 28.7 Å². The van der Waals surface area contributed by atoms with Gasteiger partial charge in [0.1, 0.15) is 12.6 Å². The molecular formula is C28H29Cl4N3O4S. The molecule has 0 saturated heterocycles. The molecule has 0 fully saturated rings. The van der Waals surface area contributed by atoms with E-state index in [0.29, 0.717) is 22.2 Å². The molecule has 0 saturated carbocycles. The van der Waals surface area contributed by atoms with Crippen LogP contribution in [0.4, 0.5) is 5.69 Å². The van der Waals surface area contributed by atoms with E-state index >= 15 is 0 Å². The Morgan fingerprint density at radius 2 is 1.40 bits per heavy atom. The summed E-state index contributed by atoms with van der Waals surface area (Å²) in [5.41, 5.74) is 0.431. The van der Waals surface area contributed by atoms with Gasteiger partial charge in [0.25, 0.3) is 10.0 Å². The lowest BCUT2D eigenvalue weighted by Gasteiger charge is -2.32. The highest BCUT2D eigenvalue weighted by atomic mass is 35.5. The highest BCUT2D eigenvalue weighted by Gasteiger charge is 2.34. The number of halogens is 4. The molecule has 3 aromatic carbocycles. The number of anilines is 1. The minimum absolute atomic E-state index is 0.0130. The fourth-order valence-corrected chi connectivity index (χ4v) is 6.22. The van der Waals surface area contributed by atoms with Crippen molar-refractivity contribution in [2.75, 3.05) is 17.4 Å². The van der Waals surface area contributed by atoms with Crippen molar-refractivity contribution in [3.05, 3.63) is 92.4 Å². The van der Waals surface area contributed by atoms with Crippen molar-refractivity contribution in [1.29, 1.82) is 0 Å². The Bertz CT molecular complexity index is 1450. The molecule has 0 unspecified atom stereocenters. The number of amides is 2. The SMILES string of the molecule is CC(C)CNC(=O)[C@@H](C)N(Cc1c(Cl)cccc1Cl)C(=O)CN(c1cccc(Cl)c1Cl)S(=O)(=O)c1ccccc1. The van der Waals surface area contributed by atoms with Gasteiger partial charge in [-0.3, -0.25) is 13.9 Å². The fraction of sp³-hybridized carbons (Fsp3) is 0.286. The van der Waals surface area contributed by atoms with Crippen LogP contribution in [-0.2, 0) is 26.2 Å². The van der Waals surface area contributed by atoms with Gasteiger partial charge in [-0.25, -0.2) is 8.42 Å². The van der Waals surface area contributed by atoms with E-state index < -0.39 is 34.4 Å². The number of hydrogen-bond donors (Lipinski definition) is 1. The van der Waals surface area contributed by atoms with Crippen LogP contribution < -0.4 is 9.62 Å². The Hall–Kier alpha value is -2.49. The van der Waals surface area contributed by atoms with Crippen LogP contribution >= 0.6 is 46.4 Å². The molecule has 3 rings (SSSR count). The van der Waals surface area contributed by atoms with Gasteiger partial charge < -0.3 is 10.2 Å². The first kappa shape index (κ1) is 32.0. The number of carbonyl (C=O) groups is 2. The summed E-state index contributed by atoms with van der Waals surface area (Å²) >= 11 is 25.4. The van der Waals surface area contributed by atoms with Gasteiger partial charge in [-0.1, -0.05) is 90.6 Å². The molecule has 214 valence electrons. The average molecular weight is 645 g/mol. The Kier molecular flexibility index (Phi) is 11.1. The Morgan fingerprint density at radius 3 is 2.00 bits per heavy atom. The number of carbonyl (C=O) groups excluding carboxylic acids is 2. The molecule has 40 heavy (non-hydrogen) atoms. The van der Waals surface area contributed by atoms with Gasteiger partial charge in [-0.15, -0.1) is 0 Å². The zero-order valence-electron chi connectivity index (χ0n) is 22.1. The second kappa shape index (κ2) is 13.9. The van der Waals surface area contributed by atoms with Crippen LogP contribution in [0, 0.1) is 5.92 Å². The third kappa shape index (κ3) is 7.62. The van der Waals surface area contributed by atoms with Gasteiger partial charge in [0.15, 0.2) is 0 Å². The minimum Gasteiger partial charge on any atom is -0.354 e. The van der Waals surface area contributed by atoms with E-state index in [1.54, 1.807) is 43.3 Å². The first-order valence-electron chi connectivity index (χ1n) is 12.4. The molecule has 7 nitrogen and oxygen atoms in total. The third-order valence-electron chi connectivity index (χ3n) is 6.05. The highest BCUT2D eigenvalue weighted by molar-refractivity contribution is 7.92. The molecule has 2 amide bonds. The second-order valence-electron chi connectivity index (χ2n) is 9.43. The summed E-state index contributed by atoms with van der Waals surface area (Å²) in [6.45, 7) is 5.01. The number of benzene rings is 3. The average Bonchev–Trinajstić information content (AvgIpc) is 2.92. The van der Waals surface area contributed by atoms with Crippen molar-refractivity contribution >= 4 is 73.9 Å². The van der Waals surface area contributed by atoms with Gasteiger partial charge in [0.2, 0.25) is 11.8 Å².